The Labute approximate surface area is 191 Å². The van der Waals surface area contributed by atoms with Crippen molar-refractivity contribution in [1.82, 2.24) is 9.97 Å². The van der Waals surface area contributed by atoms with Crippen LogP contribution >= 0.6 is 23.2 Å². The van der Waals surface area contributed by atoms with Gasteiger partial charge >= 0.3 is 11.3 Å². The van der Waals surface area contributed by atoms with Crippen LogP contribution < -0.4 is 11.3 Å². The number of hydrogen-bond acceptors (Lipinski definition) is 10. The first kappa shape index (κ1) is 22.3. The van der Waals surface area contributed by atoms with Crippen molar-refractivity contribution in [3.8, 4) is 0 Å². The molecule has 33 heavy (non-hydrogen) atoms. The minimum absolute atomic E-state index is 0.0258. The minimum Gasteiger partial charge on any atom is -0.408 e. The van der Waals surface area contributed by atoms with E-state index in [-0.39, 0.29) is 50.1 Å². The number of hydrogen-bond donors (Lipinski definition) is 0. The van der Waals surface area contributed by atoms with Gasteiger partial charge in [-0.3, -0.25) is 20.2 Å². The van der Waals surface area contributed by atoms with E-state index < -0.39 is 38.4 Å². The van der Waals surface area contributed by atoms with Gasteiger partial charge in [0.1, 0.15) is 10.0 Å². The molecule has 0 aliphatic heterocycles. The summed E-state index contributed by atoms with van der Waals surface area (Å²) in [6.45, 7) is 1.62. The summed E-state index contributed by atoms with van der Waals surface area (Å²) in [6, 6.07) is 4.34. The average Bonchev–Trinajstić information content (AvgIpc) is 2.72. The monoisotopic (exact) mass is 492 g/mol. The normalized spacial score (nSPS) is 12.2. The maximum absolute atomic E-state index is 12.4. The number of benzene rings is 2. The highest BCUT2D eigenvalue weighted by molar-refractivity contribution is 6.33. The molecule has 0 amide bonds. The van der Waals surface area contributed by atoms with Gasteiger partial charge in [-0.05, 0) is 12.1 Å². The molecule has 0 radical (unpaired) electrons. The van der Waals surface area contributed by atoms with E-state index in [4.69, 9.17) is 32.0 Å². The van der Waals surface area contributed by atoms with E-state index in [1.807, 2.05) is 0 Å². The van der Waals surface area contributed by atoms with Crippen LogP contribution in [0.3, 0.4) is 0 Å². The number of nitro benzene ring substituents is 2. The first-order chi connectivity index (χ1) is 15.5. The zero-order valence-corrected chi connectivity index (χ0v) is 17.9. The second-order valence-corrected chi connectivity index (χ2v) is 7.81. The van der Waals surface area contributed by atoms with E-state index in [0.717, 1.165) is 12.1 Å². The van der Waals surface area contributed by atoms with Crippen molar-refractivity contribution in [2.45, 2.75) is 19.3 Å². The van der Waals surface area contributed by atoms with Gasteiger partial charge in [-0.1, -0.05) is 30.1 Å². The number of nitrogens with zero attached hydrogens (tertiary/aromatic N) is 4. The Kier molecular flexibility index (Phi) is 5.56. The fourth-order valence-corrected chi connectivity index (χ4v) is 3.61. The van der Waals surface area contributed by atoms with Crippen molar-refractivity contribution < 1.29 is 18.7 Å². The largest absolute Gasteiger partial charge is 0.408 e. The SMILES string of the molecule is CC(Cc1nc2cc(Cl)c([N+](=O)[O-])cc2c(=O)o1)c1nc2cc(Cl)c([N+](=O)[O-])cc2c(=O)o1. The molecule has 1 unspecified atom stereocenters. The highest BCUT2D eigenvalue weighted by atomic mass is 35.5. The Morgan fingerprint density at radius 1 is 0.879 bits per heavy atom. The van der Waals surface area contributed by atoms with Crippen LogP contribution in [0.15, 0.2) is 42.7 Å². The summed E-state index contributed by atoms with van der Waals surface area (Å²) >= 11 is 11.8. The summed E-state index contributed by atoms with van der Waals surface area (Å²) in [4.78, 5) is 53.7. The van der Waals surface area contributed by atoms with Gasteiger partial charge in [-0.15, -0.1) is 0 Å². The van der Waals surface area contributed by atoms with E-state index >= 15 is 0 Å². The van der Waals surface area contributed by atoms with E-state index in [1.165, 1.54) is 12.1 Å². The molecule has 0 aliphatic carbocycles. The second-order valence-electron chi connectivity index (χ2n) is 7.00. The van der Waals surface area contributed by atoms with Gasteiger partial charge in [0.25, 0.3) is 11.4 Å². The summed E-state index contributed by atoms with van der Waals surface area (Å²) in [6.07, 6.45) is -0.0258. The molecule has 4 aromatic rings. The van der Waals surface area contributed by atoms with E-state index in [2.05, 4.69) is 9.97 Å². The van der Waals surface area contributed by atoms with Crippen LogP contribution in [0, 0.1) is 20.2 Å². The van der Waals surface area contributed by atoms with Gasteiger partial charge in [-0.25, -0.2) is 19.6 Å². The number of rotatable bonds is 5. The zero-order chi connectivity index (χ0) is 24.0. The lowest BCUT2D eigenvalue weighted by molar-refractivity contribution is -0.384. The number of halogens is 2. The number of aromatic nitrogens is 2. The van der Waals surface area contributed by atoms with Crippen LogP contribution in [0.5, 0.6) is 0 Å². The molecular formula is C19H10Cl2N4O8. The van der Waals surface area contributed by atoms with Gasteiger partial charge < -0.3 is 8.83 Å². The fourth-order valence-electron chi connectivity index (χ4n) is 3.15. The van der Waals surface area contributed by atoms with Gasteiger partial charge in [-0.2, -0.15) is 0 Å². The van der Waals surface area contributed by atoms with Gasteiger partial charge in [0.2, 0.25) is 5.89 Å². The quantitative estimate of drug-likeness (QED) is 0.290. The highest BCUT2D eigenvalue weighted by Crippen LogP contribution is 2.30. The molecule has 0 saturated heterocycles. The van der Waals surface area contributed by atoms with Crippen LogP contribution in [0.25, 0.3) is 21.8 Å². The third-order valence-corrected chi connectivity index (χ3v) is 5.35. The Bertz CT molecular complexity index is 1600. The van der Waals surface area contributed by atoms with Gasteiger partial charge in [0.15, 0.2) is 5.89 Å². The number of fused-ring (bicyclic) bond motifs is 2. The molecule has 2 aromatic heterocycles. The van der Waals surface area contributed by atoms with Crippen molar-refractivity contribution >= 4 is 56.4 Å². The first-order valence-electron chi connectivity index (χ1n) is 9.11. The van der Waals surface area contributed by atoms with Crippen molar-refractivity contribution in [3.63, 3.8) is 0 Å². The molecule has 0 saturated carbocycles. The maximum Gasteiger partial charge on any atom is 0.347 e. The first-order valence-corrected chi connectivity index (χ1v) is 9.87. The van der Waals surface area contributed by atoms with Crippen molar-refractivity contribution in [2.75, 3.05) is 0 Å². The molecule has 0 fully saturated rings. The second kappa shape index (κ2) is 8.22. The molecule has 168 valence electrons. The summed E-state index contributed by atoms with van der Waals surface area (Å²) < 4.78 is 10.4. The molecule has 4 rings (SSSR count). The smallest absolute Gasteiger partial charge is 0.347 e. The van der Waals surface area contributed by atoms with E-state index in [0.29, 0.717) is 0 Å². The minimum atomic E-state index is -0.853. The van der Waals surface area contributed by atoms with Crippen molar-refractivity contribution in [3.05, 3.63) is 87.2 Å². The van der Waals surface area contributed by atoms with Gasteiger partial charge in [0.05, 0.1) is 31.7 Å². The third-order valence-electron chi connectivity index (χ3n) is 4.75. The predicted molar refractivity (Wildman–Crippen MR) is 116 cm³/mol. The van der Waals surface area contributed by atoms with Crippen LogP contribution in [0.4, 0.5) is 11.4 Å². The number of nitro groups is 2. The van der Waals surface area contributed by atoms with Gasteiger partial charge in [0, 0.05) is 24.5 Å². The Morgan fingerprint density at radius 2 is 1.36 bits per heavy atom. The molecular weight excluding hydrogens is 483 g/mol. The summed E-state index contributed by atoms with van der Waals surface area (Å²) in [7, 11) is 0. The fraction of sp³-hybridized carbons (Fsp3) is 0.158. The van der Waals surface area contributed by atoms with E-state index in [9.17, 15) is 29.8 Å². The zero-order valence-electron chi connectivity index (χ0n) is 16.4. The topological polar surface area (TPSA) is 172 Å². The highest BCUT2D eigenvalue weighted by Gasteiger charge is 2.22. The van der Waals surface area contributed by atoms with E-state index in [1.54, 1.807) is 6.92 Å². The lowest BCUT2D eigenvalue weighted by Crippen LogP contribution is -2.12. The Hall–Kier alpha value is -3.90. The standard InChI is InChI=1S/C19H10Cl2N4O8/c1-7(17-23-13-6-11(21)15(25(30)31)4-9(13)19(27)33-17)2-16-22-12-5-10(20)14(24(28)29)3-8(12)18(26)32-16/h3-7H,2H2,1H3. The molecule has 0 bridgehead atoms. The van der Waals surface area contributed by atoms with Crippen LogP contribution in [-0.2, 0) is 6.42 Å². The molecule has 2 heterocycles. The molecule has 12 nitrogen and oxygen atoms in total. The molecule has 0 aliphatic rings. The Balaban J connectivity index is 1.72. The summed E-state index contributed by atoms with van der Waals surface area (Å²) in [5.74, 6) is -0.697. The van der Waals surface area contributed by atoms with Crippen molar-refractivity contribution in [1.29, 1.82) is 0 Å². The lowest BCUT2D eigenvalue weighted by Gasteiger charge is -2.09. The summed E-state index contributed by atoms with van der Waals surface area (Å²) in [5, 5.41) is 21.4. The predicted octanol–water partition coefficient (Wildman–Crippen LogP) is 4.16. The average molecular weight is 493 g/mol. The Morgan fingerprint density at radius 3 is 1.88 bits per heavy atom. The van der Waals surface area contributed by atoms with Crippen LogP contribution in [0.2, 0.25) is 10.0 Å². The molecule has 14 heteroatoms. The van der Waals surface area contributed by atoms with Crippen LogP contribution in [-0.4, -0.2) is 19.8 Å². The summed E-state index contributed by atoms with van der Waals surface area (Å²) in [5.41, 5.74) is -2.44. The molecule has 1 atom stereocenters. The third kappa shape index (κ3) is 4.13. The van der Waals surface area contributed by atoms with Crippen LogP contribution in [0.1, 0.15) is 24.6 Å². The molecule has 0 spiro atoms. The maximum atomic E-state index is 12.4. The molecule has 2 aromatic carbocycles. The van der Waals surface area contributed by atoms with Crippen molar-refractivity contribution in [2.24, 2.45) is 0 Å². The lowest BCUT2D eigenvalue weighted by atomic mass is 10.1. The molecule has 0 N–H and O–H groups in total.